The first kappa shape index (κ1) is 19.2. The summed E-state index contributed by atoms with van der Waals surface area (Å²) in [5.41, 5.74) is 7.48. The van der Waals surface area contributed by atoms with E-state index < -0.39 is 0 Å². The Labute approximate surface area is 182 Å². The van der Waals surface area contributed by atoms with Gasteiger partial charge < -0.3 is 14.8 Å². The molecule has 4 heteroatoms. The maximum Gasteiger partial charge on any atom is 0.322 e. The Kier molecular flexibility index (Phi) is 4.83. The molecular weight excluding hydrogens is 382 g/mol. The number of hydrogen-bond acceptors (Lipinski definition) is 1. The molecule has 1 atom stereocenters. The normalized spacial score (nSPS) is 15.0. The lowest BCUT2D eigenvalue weighted by atomic mass is 10.0. The minimum absolute atomic E-state index is 0.108. The predicted octanol–water partition coefficient (Wildman–Crippen LogP) is 6.23. The monoisotopic (exact) mass is 407 g/mol. The number of benzene rings is 3. The highest BCUT2D eigenvalue weighted by Crippen LogP contribution is 2.36. The van der Waals surface area contributed by atoms with Gasteiger partial charge in [0, 0.05) is 17.6 Å². The summed E-state index contributed by atoms with van der Waals surface area (Å²) in [5.74, 6) is 0. The summed E-state index contributed by atoms with van der Waals surface area (Å²) in [6.45, 7) is 4.61. The van der Waals surface area contributed by atoms with E-state index in [1.54, 1.807) is 0 Å². The zero-order chi connectivity index (χ0) is 21.4. The van der Waals surface area contributed by atoms with Crippen molar-refractivity contribution in [1.82, 2.24) is 9.47 Å². The number of aromatic nitrogens is 1. The molecule has 2 heterocycles. The van der Waals surface area contributed by atoms with Gasteiger partial charge in [-0.05, 0) is 66.4 Å². The Balaban J connectivity index is 1.62. The average Bonchev–Trinajstić information content (AvgIpc) is 3.18. The number of urea groups is 1. The van der Waals surface area contributed by atoms with Gasteiger partial charge in [0.2, 0.25) is 0 Å². The third-order valence-corrected chi connectivity index (χ3v) is 5.81. The number of amides is 2. The number of aryl methyl sites for hydroxylation is 2. The van der Waals surface area contributed by atoms with E-state index in [9.17, 15) is 4.79 Å². The van der Waals surface area contributed by atoms with E-state index in [1.165, 1.54) is 0 Å². The second kappa shape index (κ2) is 7.80. The van der Waals surface area contributed by atoms with E-state index >= 15 is 0 Å². The van der Waals surface area contributed by atoms with Crippen LogP contribution in [0.25, 0.3) is 5.69 Å². The van der Waals surface area contributed by atoms with Crippen LogP contribution in [0.5, 0.6) is 0 Å². The smallest absolute Gasteiger partial charge is 0.318 e. The van der Waals surface area contributed by atoms with Gasteiger partial charge >= 0.3 is 6.03 Å². The minimum Gasteiger partial charge on any atom is -0.318 e. The van der Waals surface area contributed by atoms with Crippen LogP contribution in [0.1, 0.15) is 34.0 Å². The van der Waals surface area contributed by atoms with Crippen LogP contribution in [-0.2, 0) is 6.54 Å². The van der Waals surface area contributed by atoms with Gasteiger partial charge in [-0.3, -0.25) is 0 Å². The summed E-state index contributed by atoms with van der Waals surface area (Å²) in [7, 11) is 0. The number of para-hydroxylation sites is 1. The fraction of sp³-hybridized carbons (Fsp3) is 0.148. The highest BCUT2D eigenvalue weighted by atomic mass is 16.2. The molecule has 0 bridgehead atoms. The number of hydrogen-bond donors (Lipinski definition) is 1. The van der Waals surface area contributed by atoms with Crippen LogP contribution in [0.3, 0.4) is 0 Å². The molecule has 0 fully saturated rings. The van der Waals surface area contributed by atoms with Crippen LogP contribution >= 0.6 is 0 Å². The number of anilines is 1. The van der Waals surface area contributed by atoms with Crippen LogP contribution in [0.4, 0.5) is 10.5 Å². The van der Waals surface area contributed by atoms with Crippen molar-refractivity contribution < 1.29 is 4.79 Å². The molecule has 1 aliphatic heterocycles. The molecule has 2 amide bonds. The van der Waals surface area contributed by atoms with Crippen molar-refractivity contribution in [3.8, 4) is 5.69 Å². The number of carbonyl (C=O) groups is 1. The zero-order valence-corrected chi connectivity index (χ0v) is 17.7. The molecule has 0 aliphatic carbocycles. The molecule has 1 aromatic heterocycles. The molecule has 0 radical (unpaired) electrons. The predicted molar refractivity (Wildman–Crippen MR) is 125 cm³/mol. The van der Waals surface area contributed by atoms with Crippen LogP contribution in [0, 0.1) is 13.8 Å². The van der Waals surface area contributed by atoms with E-state index in [1.807, 2.05) is 67.3 Å². The summed E-state index contributed by atoms with van der Waals surface area (Å²) < 4.78 is 2.21. The summed E-state index contributed by atoms with van der Waals surface area (Å²) in [6, 6.07) is 28.5. The molecular formula is C27H25N3O. The van der Waals surface area contributed by atoms with Gasteiger partial charge in [-0.25, -0.2) is 4.79 Å². The minimum atomic E-state index is -0.200. The molecule has 1 aliphatic rings. The maximum atomic E-state index is 13.7. The summed E-state index contributed by atoms with van der Waals surface area (Å²) in [5, 5.41) is 3.15. The molecule has 4 nitrogen and oxygen atoms in total. The second-order valence-electron chi connectivity index (χ2n) is 8.18. The van der Waals surface area contributed by atoms with Crippen LogP contribution in [-0.4, -0.2) is 15.5 Å². The lowest BCUT2D eigenvalue weighted by Gasteiger charge is -2.31. The number of nitrogens with zero attached hydrogens (tertiary/aromatic N) is 2. The van der Waals surface area contributed by atoms with Gasteiger partial charge in [0.15, 0.2) is 0 Å². The Morgan fingerprint density at radius 1 is 0.871 bits per heavy atom. The van der Waals surface area contributed by atoms with Crippen molar-refractivity contribution in [3.63, 3.8) is 0 Å². The van der Waals surface area contributed by atoms with Crippen LogP contribution in [0.15, 0.2) is 91.1 Å². The van der Waals surface area contributed by atoms with Crippen LogP contribution < -0.4 is 5.32 Å². The molecule has 154 valence electrons. The first-order valence-electron chi connectivity index (χ1n) is 10.6. The fourth-order valence-corrected chi connectivity index (χ4v) is 4.57. The molecule has 3 aromatic carbocycles. The van der Waals surface area contributed by atoms with Gasteiger partial charge in [0.05, 0.1) is 18.3 Å². The van der Waals surface area contributed by atoms with Crippen molar-refractivity contribution in [2.75, 3.05) is 5.32 Å². The maximum absolute atomic E-state index is 13.7. The topological polar surface area (TPSA) is 37.3 Å². The highest BCUT2D eigenvalue weighted by Gasteiger charge is 2.32. The Hall–Kier alpha value is -3.79. The van der Waals surface area contributed by atoms with E-state index in [4.69, 9.17) is 0 Å². The molecule has 5 rings (SSSR count). The molecule has 1 N–H and O–H groups in total. The summed E-state index contributed by atoms with van der Waals surface area (Å²) >= 11 is 0. The average molecular weight is 408 g/mol. The van der Waals surface area contributed by atoms with Crippen molar-refractivity contribution in [1.29, 1.82) is 0 Å². The SMILES string of the molecule is Cc1cc(C)cc(NC(=O)N2Cc3ccccc3-n3cccc3[C@H]2c2ccccc2)c1. The number of carbonyl (C=O) groups excluding carboxylic acids is 1. The number of fused-ring (bicyclic) bond motifs is 3. The van der Waals surface area contributed by atoms with Gasteiger partial charge in [0.25, 0.3) is 0 Å². The van der Waals surface area contributed by atoms with E-state index in [0.29, 0.717) is 6.54 Å². The highest BCUT2D eigenvalue weighted by molar-refractivity contribution is 5.90. The second-order valence-corrected chi connectivity index (χ2v) is 8.18. The standard InChI is InChI=1S/C27H25N3O/c1-19-15-20(2)17-23(16-19)28-27(31)30-18-22-11-6-7-12-24(22)29-14-8-13-25(29)26(30)21-9-4-3-5-10-21/h3-17,26H,18H2,1-2H3,(H,28,31)/t26-/m1/s1. The Bertz CT molecular complexity index is 1220. The van der Waals surface area contributed by atoms with Crippen molar-refractivity contribution >= 4 is 11.7 Å². The molecule has 31 heavy (non-hydrogen) atoms. The van der Waals surface area contributed by atoms with E-state index in [2.05, 4.69) is 52.5 Å². The number of rotatable bonds is 2. The third kappa shape index (κ3) is 3.61. The van der Waals surface area contributed by atoms with Gasteiger partial charge in [0.1, 0.15) is 0 Å². The van der Waals surface area contributed by atoms with Gasteiger partial charge in [-0.2, -0.15) is 0 Å². The Morgan fingerprint density at radius 2 is 1.58 bits per heavy atom. The molecule has 0 saturated carbocycles. The molecule has 4 aromatic rings. The molecule has 0 unspecified atom stereocenters. The number of nitrogens with one attached hydrogen (secondary N) is 1. The third-order valence-electron chi connectivity index (χ3n) is 5.81. The van der Waals surface area contributed by atoms with Crippen molar-refractivity contribution in [2.24, 2.45) is 0 Å². The largest absolute Gasteiger partial charge is 0.322 e. The first-order valence-corrected chi connectivity index (χ1v) is 10.6. The van der Waals surface area contributed by atoms with E-state index in [-0.39, 0.29) is 12.1 Å². The molecule has 0 saturated heterocycles. The molecule has 0 spiro atoms. The van der Waals surface area contributed by atoms with E-state index in [0.717, 1.165) is 39.3 Å². The first-order chi connectivity index (χ1) is 15.1. The lowest BCUT2D eigenvalue weighted by molar-refractivity contribution is 0.194. The van der Waals surface area contributed by atoms with Gasteiger partial charge in [-0.1, -0.05) is 54.6 Å². The van der Waals surface area contributed by atoms with Crippen molar-refractivity contribution in [2.45, 2.75) is 26.4 Å². The quantitative estimate of drug-likeness (QED) is 0.420. The Morgan fingerprint density at radius 3 is 2.35 bits per heavy atom. The van der Waals surface area contributed by atoms with Crippen molar-refractivity contribution in [3.05, 3.63) is 119 Å². The van der Waals surface area contributed by atoms with Crippen LogP contribution in [0.2, 0.25) is 0 Å². The zero-order valence-electron chi connectivity index (χ0n) is 17.7. The summed E-state index contributed by atoms with van der Waals surface area (Å²) in [6.07, 6.45) is 2.08. The summed E-state index contributed by atoms with van der Waals surface area (Å²) in [4.78, 5) is 15.6. The lowest BCUT2D eigenvalue weighted by Crippen LogP contribution is -2.37. The van der Waals surface area contributed by atoms with Gasteiger partial charge in [-0.15, -0.1) is 0 Å². The fourth-order valence-electron chi connectivity index (χ4n) is 4.57.